The van der Waals surface area contributed by atoms with Crippen LogP contribution in [0.5, 0.6) is 0 Å². The van der Waals surface area contributed by atoms with E-state index in [0.29, 0.717) is 35.2 Å². The topological polar surface area (TPSA) is 47.2 Å². The van der Waals surface area contributed by atoms with Crippen molar-refractivity contribution < 1.29 is 26.3 Å². The van der Waals surface area contributed by atoms with Crippen molar-refractivity contribution in [2.75, 3.05) is 38.2 Å². The lowest BCUT2D eigenvalue weighted by molar-refractivity contribution is -0.155. The van der Waals surface area contributed by atoms with Crippen LogP contribution in [0.25, 0.3) is 11.0 Å². The molecular formula is C27H31F6N5. The van der Waals surface area contributed by atoms with Crippen molar-refractivity contribution >= 4 is 16.7 Å². The number of halogens is 6. The lowest BCUT2D eigenvalue weighted by atomic mass is 9.83. The van der Waals surface area contributed by atoms with Crippen LogP contribution in [0.3, 0.4) is 0 Å². The molecule has 1 saturated heterocycles. The van der Waals surface area contributed by atoms with Crippen LogP contribution >= 0.6 is 0 Å². The molecule has 2 aromatic carbocycles. The molecule has 206 valence electrons. The molecule has 1 fully saturated rings. The van der Waals surface area contributed by atoms with Crippen LogP contribution in [0.15, 0.2) is 30.6 Å². The molecule has 3 aromatic rings. The number of hydrogen-bond acceptors (Lipinski definition) is 4. The monoisotopic (exact) mass is 539 g/mol. The average Bonchev–Trinajstić information content (AvgIpc) is 3.53. The SMILES string of the molecule is CC(CNc1cc(F)c([C@@H]2c3ccc4[nH]cnc4c3C[C@@H](C)N2CC(F)(F)F)c(F)c1)N1CC[C@@H](CF)C1. The number of fused-ring (bicyclic) bond motifs is 3. The molecule has 38 heavy (non-hydrogen) atoms. The molecule has 0 aliphatic carbocycles. The Morgan fingerprint density at radius 3 is 2.58 bits per heavy atom. The molecule has 2 aliphatic rings. The molecule has 0 saturated carbocycles. The summed E-state index contributed by atoms with van der Waals surface area (Å²) in [6, 6.07) is 3.68. The Hall–Kier alpha value is -2.79. The Bertz CT molecular complexity index is 1270. The molecule has 0 amide bonds. The highest BCUT2D eigenvalue weighted by molar-refractivity contribution is 5.80. The van der Waals surface area contributed by atoms with E-state index in [1.54, 1.807) is 19.1 Å². The van der Waals surface area contributed by atoms with E-state index >= 15 is 8.78 Å². The number of alkyl halides is 4. The van der Waals surface area contributed by atoms with Crippen molar-refractivity contribution in [3.63, 3.8) is 0 Å². The molecule has 2 N–H and O–H groups in total. The minimum atomic E-state index is -4.55. The maximum Gasteiger partial charge on any atom is 0.401 e. The second kappa shape index (κ2) is 10.4. The second-order valence-corrected chi connectivity index (χ2v) is 10.6. The zero-order valence-corrected chi connectivity index (χ0v) is 21.3. The third kappa shape index (κ3) is 5.22. The minimum Gasteiger partial charge on any atom is -0.383 e. The summed E-state index contributed by atoms with van der Waals surface area (Å²) in [6.07, 6.45) is -2.01. The minimum absolute atomic E-state index is 0.00901. The lowest BCUT2D eigenvalue weighted by Gasteiger charge is -2.42. The van der Waals surface area contributed by atoms with E-state index in [1.807, 2.05) is 6.92 Å². The fraction of sp³-hybridized carbons (Fsp3) is 0.519. The third-order valence-electron chi connectivity index (χ3n) is 7.90. The molecule has 0 spiro atoms. The zero-order valence-electron chi connectivity index (χ0n) is 21.3. The molecule has 0 bridgehead atoms. The van der Waals surface area contributed by atoms with Crippen molar-refractivity contribution in [2.45, 2.75) is 51.0 Å². The van der Waals surface area contributed by atoms with E-state index in [4.69, 9.17) is 0 Å². The van der Waals surface area contributed by atoms with E-state index in [1.165, 1.54) is 6.33 Å². The Morgan fingerprint density at radius 2 is 1.92 bits per heavy atom. The van der Waals surface area contributed by atoms with Crippen molar-refractivity contribution in [3.8, 4) is 0 Å². The highest BCUT2D eigenvalue weighted by Crippen LogP contribution is 2.43. The van der Waals surface area contributed by atoms with Crippen LogP contribution in [-0.2, 0) is 6.42 Å². The van der Waals surface area contributed by atoms with Gasteiger partial charge < -0.3 is 10.3 Å². The van der Waals surface area contributed by atoms with Crippen molar-refractivity contribution in [3.05, 3.63) is 58.9 Å². The summed E-state index contributed by atoms with van der Waals surface area (Å²) in [7, 11) is 0. The van der Waals surface area contributed by atoms with Crippen LogP contribution < -0.4 is 5.32 Å². The summed E-state index contributed by atoms with van der Waals surface area (Å²) < 4.78 is 85.1. The van der Waals surface area contributed by atoms with Gasteiger partial charge in [0.2, 0.25) is 0 Å². The van der Waals surface area contributed by atoms with Gasteiger partial charge in [0.15, 0.2) is 0 Å². The Labute approximate surface area is 217 Å². The number of nitrogens with one attached hydrogen (secondary N) is 2. The summed E-state index contributed by atoms with van der Waals surface area (Å²) in [5.41, 5.74) is 2.19. The van der Waals surface area contributed by atoms with E-state index < -0.39 is 42.0 Å². The van der Waals surface area contributed by atoms with Crippen molar-refractivity contribution in [1.29, 1.82) is 0 Å². The lowest BCUT2D eigenvalue weighted by Crippen LogP contribution is -2.47. The molecule has 5 rings (SSSR count). The third-order valence-corrected chi connectivity index (χ3v) is 7.90. The first-order valence-corrected chi connectivity index (χ1v) is 12.9. The van der Waals surface area contributed by atoms with Gasteiger partial charge in [0.1, 0.15) is 11.6 Å². The first-order chi connectivity index (χ1) is 18.1. The number of hydrogen-bond donors (Lipinski definition) is 2. The number of aromatic amines is 1. The molecule has 2 aliphatic heterocycles. The van der Waals surface area contributed by atoms with Crippen LogP contribution in [0.1, 0.15) is 43.0 Å². The molecule has 1 aromatic heterocycles. The number of nitrogens with zero attached hydrogens (tertiary/aromatic N) is 3. The maximum absolute atomic E-state index is 15.6. The molecule has 3 heterocycles. The standard InChI is InChI=1S/C27H31F6N5/c1-15-7-20-19(3-4-23-25(20)36-14-35-23)26(38(15)13-27(31,32)33)24-21(29)8-18(9-22(24)30)34-11-16(2)37-6-5-17(10-28)12-37/h3-4,8-9,14-17,26,34H,5-7,10-13H2,1-2H3,(H,35,36)/t15-,16?,17+,26+/m1/s1. The molecule has 1 unspecified atom stereocenters. The van der Waals surface area contributed by atoms with Gasteiger partial charge in [-0.1, -0.05) is 6.07 Å². The Balaban J connectivity index is 1.47. The summed E-state index contributed by atoms with van der Waals surface area (Å²) in [5, 5.41) is 3.04. The highest BCUT2D eigenvalue weighted by Gasteiger charge is 2.43. The fourth-order valence-corrected chi connectivity index (χ4v) is 5.91. The average molecular weight is 540 g/mol. The van der Waals surface area contributed by atoms with Crippen LogP contribution in [-0.4, -0.2) is 70.9 Å². The van der Waals surface area contributed by atoms with Crippen LogP contribution in [0, 0.1) is 17.6 Å². The zero-order chi connectivity index (χ0) is 27.2. The van der Waals surface area contributed by atoms with Crippen LogP contribution in [0.4, 0.5) is 32.0 Å². The van der Waals surface area contributed by atoms with Gasteiger partial charge in [-0.05, 0) is 62.6 Å². The van der Waals surface area contributed by atoms with Gasteiger partial charge in [-0.15, -0.1) is 0 Å². The summed E-state index contributed by atoms with van der Waals surface area (Å²) in [6.45, 7) is 3.70. The van der Waals surface area contributed by atoms with Gasteiger partial charge in [-0.3, -0.25) is 14.2 Å². The first kappa shape index (κ1) is 26.8. The maximum atomic E-state index is 15.6. The summed E-state index contributed by atoms with van der Waals surface area (Å²) in [4.78, 5) is 10.5. The largest absolute Gasteiger partial charge is 0.401 e. The van der Waals surface area contributed by atoms with Gasteiger partial charge in [0.25, 0.3) is 0 Å². The normalized spacial score (nSPS) is 23.6. The molecule has 11 heteroatoms. The first-order valence-electron chi connectivity index (χ1n) is 12.9. The van der Waals surface area contributed by atoms with E-state index in [-0.39, 0.29) is 30.7 Å². The summed E-state index contributed by atoms with van der Waals surface area (Å²) in [5.74, 6) is -1.83. The molecular weight excluding hydrogens is 508 g/mol. The van der Waals surface area contributed by atoms with Crippen molar-refractivity contribution in [2.24, 2.45) is 5.92 Å². The van der Waals surface area contributed by atoms with E-state index in [9.17, 15) is 17.6 Å². The number of benzene rings is 2. The molecule has 0 radical (unpaired) electrons. The quantitative estimate of drug-likeness (QED) is 0.371. The predicted molar refractivity (Wildman–Crippen MR) is 134 cm³/mol. The van der Waals surface area contributed by atoms with Gasteiger partial charge in [-0.25, -0.2) is 13.8 Å². The highest BCUT2D eigenvalue weighted by atomic mass is 19.4. The number of anilines is 1. The Kier molecular flexibility index (Phi) is 7.34. The number of aromatic nitrogens is 2. The Morgan fingerprint density at radius 1 is 1.18 bits per heavy atom. The van der Waals surface area contributed by atoms with Crippen LogP contribution in [0.2, 0.25) is 0 Å². The van der Waals surface area contributed by atoms with E-state index in [2.05, 4.69) is 20.2 Å². The van der Waals surface area contributed by atoms with Gasteiger partial charge in [0, 0.05) is 42.3 Å². The predicted octanol–water partition coefficient (Wildman–Crippen LogP) is 5.83. The van der Waals surface area contributed by atoms with E-state index in [0.717, 1.165) is 30.0 Å². The molecule has 5 nitrogen and oxygen atoms in total. The molecule has 4 atom stereocenters. The number of imidazole rings is 1. The van der Waals surface area contributed by atoms with Crippen molar-refractivity contribution in [1.82, 2.24) is 19.8 Å². The number of likely N-dealkylation sites (tertiary alicyclic amines) is 1. The smallest absolute Gasteiger partial charge is 0.383 e. The second-order valence-electron chi connectivity index (χ2n) is 10.6. The summed E-state index contributed by atoms with van der Waals surface area (Å²) >= 11 is 0. The van der Waals surface area contributed by atoms with Gasteiger partial charge in [0.05, 0.1) is 36.6 Å². The number of rotatable bonds is 7. The van der Waals surface area contributed by atoms with Gasteiger partial charge >= 0.3 is 6.18 Å². The van der Waals surface area contributed by atoms with Gasteiger partial charge in [-0.2, -0.15) is 13.2 Å². The fourth-order valence-electron chi connectivity index (χ4n) is 5.91. The number of H-pyrrole nitrogens is 1.